The summed E-state index contributed by atoms with van der Waals surface area (Å²) in [6.45, 7) is 2.01. The molecule has 0 saturated carbocycles. The van der Waals surface area contributed by atoms with Gasteiger partial charge < -0.3 is 0 Å². The monoisotopic (exact) mass is 317 g/mol. The lowest BCUT2D eigenvalue weighted by Crippen LogP contribution is -2.00. The molecule has 0 aromatic carbocycles. The van der Waals surface area contributed by atoms with E-state index in [1.807, 2.05) is 13.0 Å². The van der Waals surface area contributed by atoms with Gasteiger partial charge in [-0.2, -0.15) is 13.2 Å². The lowest BCUT2D eigenvalue weighted by Gasteiger charge is -2.07. The van der Waals surface area contributed by atoms with Crippen LogP contribution in [0.25, 0.3) is 11.5 Å². The van der Waals surface area contributed by atoms with Crippen molar-refractivity contribution in [3.05, 3.63) is 30.7 Å². The van der Waals surface area contributed by atoms with E-state index in [0.29, 0.717) is 11.5 Å². The number of aromatic nitrogens is 3. The van der Waals surface area contributed by atoms with Crippen LogP contribution < -0.4 is 0 Å². The molecule has 106 valence electrons. The SMILES string of the molecule is CCSc1cccnc1-c1ncc(SC(F)(F)F)cn1. The average Bonchev–Trinajstić information content (AvgIpc) is 2.39. The summed E-state index contributed by atoms with van der Waals surface area (Å²) in [5, 5.41) is 0. The van der Waals surface area contributed by atoms with Crippen molar-refractivity contribution in [2.24, 2.45) is 0 Å². The van der Waals surface area contributed by atoms with E-state index in [2.05, 4.69) is 15.0 Å². The van der Waals surface area contributed by atoms with Crippen LogP contribution in [0.5, 0.6) is 0 Å². The number of pyridine rings is 1. The Morgan fingerprint density at radius 1 is 1.15 bits per heavy atom. The molecule has 20 heavy (non-hydrogen) atoms. The van der Waals surface area contributed by atoms with Crippen molar-refractivity contribution in [1.29, 1.82) is 0 Å². The first-order valence-corrected chi connectivity index (χ1v) is 7.46. The van der Waals surface area contributed by atoms with Gasteiger partial charge >= 0.3 is 5.51 Å². The van der Waals surface area contributed by atoms with Crippen LogP contribution in [0.1, 0.15) is 6.92 Å². The highest BCUT2D eigenvalue weighted by atomic mass is 32.2. The Labute approximate surface area is 122 Å². The van der Waals surface area contributed by atoms with E-state index < -0.39 is 5.51 Å². The van der Waals surface area contributed by atoms with Crippen molar-refractivity contribution in [3.63, 3.8) is 0 Å². The Hall–Kier alpha value is -1.28. The largest absolute Gasteiger partial charge is 0.446 e. The van der Waals surface area contributed by atoms with Crippen LogP contribution in [-0.4, -0.2) is 26.2 Å². The number of alkyl halides is 3. The number of thioether (sulfide) groups is 2. The fourth-order valence-corrected chi connectivity index (χ4v) is 2.70. The highest BCUT2D eigenvalue weighted by Crippen LogP contribution is 2.36. The van der Waals surface area contributed by atoms with Crippen molar-refractivity contribution >= 4 is 23.5 Å². The number of rotatable bonds is 4. The van der Waals surface area contributed by atoms with Crippen LogP contribution in [0.2, 0.25) is 0 Å². The predicted octanol–water partition coefficient (Wildman–Crippen LogP) is 4.26. The summed E-state index contributed by atoms with van der Waals surface area (Å²) in [6.07, 6.45) is 3.93. The lowest BCUT2D eigenvalue weighted by atomic mass is 10.3. The maximum Gasteiger partial charge on any atom is 0.446 e. The second kappa shape index (κ2) is 6.45. The molecular weight excluding hydrogens is 307 g/mol. The summed E-state index contributed by atoms with van der Waals surface area (Å²) in [5.41, 5.74) is -3.75. The van der Waals surface area contributed by atoms with Gasteiger partial charge in [0, 0.05) is 23.5 Å². The molecule has 0 N–H and O–H groups in total. The topological polar surface area (TPSA) is 38.7 Å². The smallest absolute Gasteiger partial charge is 0.252 e. The van der Waals surface area contributed by atoms with E-state index in [9.17, 15) is 13.2 Å². The molecule has 0 aliphatic carbocycles. The van der Waals surface area contributed by atoms with Gasteiger partial charge in [0.1, 0.15) is 5.69 Å². The zero-order valence-corrected chi connectivity index (χ0v) is 12.0. The molecule has 0 saturated heterocycles. The molecule has 0 unspecified atom stereocenters. The van der Waals surface area contributed by atoms with Gasteiger partial charge in [0.15, 0.2) is 5.82 Å². The molecule has 0 bridgehead atoms. The summed E-state index contributed by atoms with van der Waals surface area (Å²) in [7, 11) is 0. The Kier molecular flexibility index (Phi) is 4.87. The highest BCUT2D eigenvalue weighted by Gasteiger charge is 2.29. The average molecular weight is 317 g/mol. The van der Waals surface area contributed by atoms with Gasteiger partial charge in [-0.05, 0) is 29.6 Å². The molecule has 0 amide bonds. The molecule has 0 aliphatic heterocycles. The number of nitrogens with zero attached hydrogens (tertiary/aromatic N) is 3. The van der Waals surface area contributed by atoms with Gasteiger partial charge in [-0.15, -0.1) is 11.8 Å². The minimum atomic E-state index is -4.33. The van der Waals surface area contributed by atoms with E-state index >= 15 is 0 Å². The molecule has 0 atom stereocenters. The zero-order chi connectivity index (χ0) is 14.6. The molecule has 8 heteroatoms. The third kappa shape index (κ3) is 4.11. The maximum absolute atomic E-state index is 12.2. The van der Waals surface area contributed by atoms with Gasteiger partial charge in [0.25, 0.3) is 0 Å². The molecule has 2 heterocycles. The molecule has 2 aromatic heterocycles. The first kappa shape index (κ1) is 15.1. The molecular formula is C12H10F3N3S2. The normalized spacial score (nSPS) is 11.6. The van der Waals surface area contributed by atoms with Crippen molar-refractivity contribution in [2.75, 3.05) is 5.75 Å². The van der Waals surface area contributed by atoms with E-state index in [1.54, 1.807) is 24.0 Å². The summed E-state index contributed by atoms with van der Waals surface area (Å²) in [4.78, 5) is 13.0. The van der Waals surface area contributed by atoms with Crippen molar-refractivity contribution in [3.8, 4) is 11.5 Å². The van der Waals surface area contributed by atoms with E-state index in [0.717, 1.165) is 23.0 Å². The quantitative estimate of drug-likeness (QED) is 0.788. The van der Waals surface area contributed by atoms with Crippen molar-refractivity contribution in [1.82, 2.24) is 15.0 Å². The third-order valence-corrected chi connectivity index (χ3v) is 3.75. The summed E-state index contributed by atoms with van der Waals surface area (Å²) >= 11 is 1.35. The summed E-state index contributed by atoms with van der Waals surface area (Å²) < 4.78 is 36.7. The van der Waals surface area contributed by atoms with Gasteiger partial charge in [0.05, 0.1) is 4.90 Å². The standard InChI is InChI=1S/C12H10F3N3S2/c1-2-19-9-4-3-5-16-10(9)11-17-6-8(7-18-11)20-12(13,14)15/h3-7H,2H2,1H3. The number of hydrogen-bond acceptors (Lipinski definition) is 5. The molecule has 3 nitrogen and oxygen atoms in total. The maximum atomic E-state index is 12.2. The van der Waals surface area contributed by atoms with Gasteiger partial charge in [-0.1, -0.05) is 6.92 Å². The minimum absolute atomic E-state index is 0.0399. The van der Waals surface area contributed by atoms with Crippen LogP contribution in [0.15, 0.2) is 40.5 Å². The van der Waals surface area contributed by atoms with Crippen molar-refractivity contribution in [2.45, 2.75) is 22.2 Å². The fraction of sp³-hybridized carbons (Fsp3) is 0.250. The van der Waals surface area contributed by atoms with Gasteiger partial charge in [0.2, 0.25) is 0 Å². The first-order valence-electron chi connectivity index (χ1n) is 5.65. The van der Waals surface area contributed by atoms with Crippen molar-refractivity contribution < 1.29 is 13.2 Å². The first-order chi connectivity index (χ1) is 9.49. The molecule has 0 aliphatic rings. The molecule has 0 fully saturated rings. The Morgan fingerprint density at radius 2 is 1.85 bits per heavy atom. The fourth-order valence-electron chi connectivity index (χ4n) is 1.46. The van der Waals surface area contributed by atoms with E-state index in [1.165, 1.54) is 0 Å². The molecule has 2 rings (SSSR count). The predicted molar refractivity (Wildman–Crippen MR) is 73.6 cm³/mol. The summed E-state index contributed by atoms with van der Waals surface area (Å²) in [6, 6.07) is 3.69. The lowest BCUT2D eigenvalue weighted by molar-refractivity contribution is -0.0328. The minimum Gasteiger partial charge on any atom is -0.252 e. The summed E-state index contributed by atoms with van der Waals surface area (Å²) in [5.74, 6) is 1.19. The van der Waals surface area contributed by atoms with E-state index in [-0.39, 0.29) is 16.7 Å². The van der Waals surface area contributed by atoms with Crippen LogP contribution in [0.3, 0.4) is 0 Å². The highest BCUT2D eigenvalue weighted by molar-refractivity contribution is 8.00. The Balaban J connectivity index is 2.26. The molecule has 0 radical (unpaired) electrons. The number of halogens is 3. The van der Waals surface area contributed by atoms with Gasteiger partial charge in [-0.25, -0.2) is 9.97 Å². The molecule has 0 spiro atoms. The third-order valence-electron chi connectivity index (χ3n) is 2.14. The Morgan fingerprint density at radius 3 is 2.45 bits per heavy atom. The zero-order valence-electron chi connectivity index (χ0n) is 10.4. The molecule has 2 aromatic rings. The second-order valence-electron chi connectivity index (χ2n) is 3.57. The van der Waals surface area contributed by atoms with Crippen LogP contribution in [0.4, 0.5) is 13.2 Å². The van der Waals surface area contributed by atoms with Crippen LogP contribution in [0, 0.1) is 0 Å². The van der Waals surface area contributed by atoms with E-state index in [4.69, 9.17) is 0 Å². The van der Waals surface area contributed by atoms with Crippen LogP contribution >= 0.6 is 23.5 Å². The Bertz CT molecular complexity index is 573. The van der Waals surface area contributed by atoms with Gasteiger partial charge in [-0.3, -0.25) is 4.98 Å². The van der Waals surface area contributed by atoms with Crippen LogP contribution in [-0.2, 0) is 0 Å². The number of hydrogen-bond donors (Lipinski definition) is 0. The second-order valence-corrected chi connectivity index (χ2v) is 6.02.